The van der Waals surface area contributed by atoms with E-state index >= 15 is 0 Å². The Hall–Kier alpha value is -2.75. The zero-order chi connectivity index (χ0) is 34.7. The van der Waals surface area contributed by atoms with Crippen molar-refractivity contribution in [2.45, 2.75) is 118 Å². The summed E-state index contributed by atoms with van der Waals surface area (Å²) in [6, 6.07) is 7.76. The molecule has 2 atom stereocenters. The van der Waals surface area contributed by atoms with Crippen LogP contribution in [0, 0.1) is 24.7 Å². The zero-order valence-corrected chi connectivity index (χ0v) is 29.9. The molecule has 2 aromatic carbocycles. The van der Waals surface area contributed by atoms with Crippen molar-refractivity contribution >= 4 is 23.7 Å². The molecule has 0 amide bonds. The number of esters is 2. The number of thioether (sulfide) groups is 1. The van der Waals surface area contributed by atoms with Gasteiger partial charge in [-0.2, -0.15) is 0 Å². The van der Waals surface area contributed by atoms with Crippen molar-refractivity contribution in [3.05, 3.63) is 57.6 Å². The first-order valence-corrected chi connectivity index (χ1v) is 16.3. The van der Waals surface area contributed by atoms with Crippen LogP contribution >= 0.6 is 11.8 Å². The van der Waals surface area contributed by atoms with Crippen molar-refractivity contribution in [2.24, 2.45) is 10.8 Å². The Kier molecular flexibility index (Phi) is 12.3. The SMILES string of the molecule is Cc1cc(CC(C)(C)COC(=O)C(O)SC(O)C(=O)OCC(C)(C)Cc2cc(C)c(O)c(C(C)(C)C)c2)cc(C(C)(C)C)c1O. The number of phenols is 2. The van der Waals surface area contributed by atoms with Gasteiger partial charge in [-0.1, -0.05) is 105 Å². The predicted octanol–water partition coefficient (Wildman–Crippen LogP) is 6.60. The Balaban J connectivity index is 1.93. The first-order chi connectivity index (χ1) is 20.3. The molecule has 0 bridgehead atoms. The highest BCUT2D eigenvalue weighted by molar-refractivity contribution is 8.01. The largest absolute Gasteiger partial charge is 0.507 e. The van der Waals surface area contributed by atoms with Gasteiger partial charge in [0.1, 0.15) is 11.5 Å². The van der Waals surface area contributed by atoms with Crippen LogP contribution in [-0.4, -0.2) is 56.5 Å². The van der Waals surface area contributed by atoms with Crippen LogP contribution in [-0.2, 0) is 42.7 Å². The molecule has 2 aromatic rings. The Morgan fingerprint density at radius 1 is 0.644 bits per heavy atom. The number of hydrogen-bond acceptors (Lipinski definition) is 9. The second-order valence-electron chi connectivity index (χ2n) is 15.9. The van der Waals surface area contributed by atoms with Crippen LogP contribution in [0.2, 0.25) is 0 Å². The Morgan fingerprint density at radius 2 is 0.956 bits per heavy atom. The molecule has 0 radical (unpaired) electrons. The molecule has 2 rings (SSSR count). The van der Waals surface area contributed by atoms with Gasteiger partial charge in [0.25, 0.3) is 0 Å². The molecule has 0 fully saturated rings. The second-order valence-corrected chi connectivity index (χ2v) is 17.0. The number of phenolic OH excluding ortho intramolecular Hbond substituents is 2. The summed E-state index contributed by atoms with van der Waals surface area (Å²) >= 11 is 0.348. The van der Waals surface area contributed by atoms with Crippen molar-refractivity contribution < 1.29 is 39.5 Å². The van der Waals surface area contributed by atoms with E-state index in [1.807, 2.05) is 107 Å². The first-order valence-electron chi connectivity index (χ1n) is 15.3. The third-order valence-corrected chi connectivity index (χ3v) is 8.47. The molecule has 4 N–H and O–H groups in total. The van der Waals surface area contributed by atoms with Gasteiger partial charge >= 0.3 is 11.9 Å². The lowest BCUT2D eigenvalue weighted by atomic mass is 9.80. The van der Waals surface area contributed by atoms with Crippen LogP contribution in [0.5, 0.6) is 11.5 Å². The number of hydrogen-bond donors (Lipinski definition) is 4. The van der Waals surface area contributed by atoms with Gasteiger partial charge in [-0.3, -0.25) is 0 Å². The lowest BCUT2D eigenvalue weighted by Crippen LogP contribution is -2.32. The lowest BCUT2D eigenvalue weighted by Gasteiger charge is -2.28. The molecule has 0 aromatic heterocycles. The number of aromatic hydroxyl groups is 2. The summed E-state index contributed by atoms with van der Waals surface area (Å²) in [5.74, 6) is -1.37. The van der Waals surface area contributed by atoms with Crippen molar-refractivity contribution in [1.29, 1.82) is 0 Å². The molecular weight excluding hydrogens is 592 g/mol. The molecule has 9 heteroatoms. The fourth-order valence-electron chi connectivity index (χ4n) is 5.17. The van der Waals surface area contributed by atoms with E-state index in [0.29, 0.717) is 24.6 Å². The number of rotatable bonds is 12. The first kappa shape index (κ1) is 38.4. The number of carbonyl (C=O) groups excluding carboxylic acids is 2. The number of aliphatic hydroxyl groups excluding tert-OH is 2. The molecule has 0 aliphatic rings. The molecule has 0 heterocycles. The van der Waals surface area contributed by atoms with Crippen LogP contribution in [0.15, 0.2) is 24.3 Å². The second kappa shape index (κ2) is 14.3. The maximum absolute atomic E-state index is 12.5. The summed E-state index contributed by atoms with van der Waals surface area (Å²) < 4.78 is 10.7. The molecule has 0 aliphatic heterocycles. The van der Waals surface area contributed by atoms with Gasteiger partial charge in [-0.15, -0.1) is 0 Å². The quantitative estimate of drug-likeness (QED) is 0.149. The van der Waals surface area contributed by atoms with E-state index < -0.39 is 33.6 Å². The van der Waals surface area contributed by atoms with Gasteiger partial charge in [-0.05, 0) is 70.9 Å². The van der Waals surface area contributed by atoms with Crippen LogP contribution in [0.1, 0.15) is 103 Å². The van der Waals surface area contributed by atoms with Crippen LogP contribution in [0.3, 0.4) is 0 Å². The summed E-state index contributed by atoms with van der Waals surface area (Å²) in [7, 11) is 0. The van der Waals surface area contributed by atoms with Gasteiger partial charge in [0.2, 0.25) is 10.9 Å². The van der Waals surface area contributed by atoms with E-state index in [1.54, 1.807) is 0 Å². The van der Waals surface area contributed by atoms with Crippen molar-refractivity contribution in [2.75, 3.05) is 13.2 Å². The fraction of sp³-hybridized carbons (Fsp3) is 0.611. The van der Waals surface area contributed by atoms with E-state index in [-0.39, 0.29) is 35.5 Å². The smallest absolute Gasteiger partial charge is 0.345 e. The monoisotopic (exact) mass is 646 g/mol. The minimum absolute atomic E-state index is 0.00335. The molecular formula is C36H54O8S. The highest BCUT2D eigenvalue weighted by Crippen LogP contribution is 2.37. The van der Waals surface area contributed by atoms with Gasteiger partial charge < -0.3 is 29.9 Å². The van der Waals surface area contributed by atoms with Gasteiger partial charge in [-0.25, -0.2) is 9.59 Å². The molecule has 0 saturated carbocycles. The predicted molar refractivity (Wildman–Crippen MR) is 180 cm³/mol. The van der Waals surface area contributed by atoms with Crippen molar-refractivity contribution in [3.63, 3.8) is 0 Å². The molecule has 0 saturated heterocycles. The zero-order valence-electron chi connectivity index (χ0n) is 29.1. The summed E-state index contributed by atoms with van der Waals surface area (Å²) in [6.45, 7) is 23.6. The fourth-order valence-corrected chi connectivity index (χ4v) is 5.77. The Bertz CT molecular complexity index is 1260. The number of carbonyl (C=O) groups is 2. The highest BCUT2D eigenvalue weighted by Gasteiger charge is 2.31. The maximum Gasteiger partial charge on any atom is 0.345 e. The standard InChI is InChI=1S/C36H54O8S/c1-21-13-23(15-25(27(21)37)33(3,4)5)17-35(9,10)19-43-29(39)31(41)45-32(42)30(40)44-20-36(11,12)18-24-14-22(2)28(38)26(16-24)34(6,7)8/h13-16,31-32,37-38,41-42H,17-20H2,1-12H3. The average Bonchev–Trinajstić information content (AvgIpc) is 2.88. The van der Waals surface area contributed by atoms with Gasteiger partial charge in [0, 0.05) is 10.8 Å². The van der Waals surface area contributed by atoms with Gasteiger partial charge in [0.05, 0.1) is 13.2 Å². The van der Waals surface area contributed by atoms with E-state index in [4.69, 9.17) is 9.47 Å². The van der Waals surface area contributed by atoms with Crippen LogP contribution in [0.25, 0.3) is 0 Å². The topological polar surface area (TPSA) is 134 Å². The number of benzene rings is 2. The molecule has 2 unspecified atom stereocenters. The van der Waals surface area contributed by atoms with Crippen molar-refractivity contribution in [3.8, 4) is 11.5 Å². The Morgan fingerprint density at radius 3 is 1.24 bits per heavy atom. The normalized spacial score (nSPS) is 14.2. The summed E-state index contributed by atoms with van der Waals surface area (Å²) in [4.78, 5) is 25.1. The minimum Gasteiger partial charge on any atom is -0.507 e. The Labute approximate surface area is 273 Å². The highest BCUT2D eigenvalue weighted by atomic mass is 32.2. The van der Waals surface area contributed by atoms with Crippen molar-refractivity contribution in [1.82, 2.24) is 0 Å². The number of ether oxygens (including phenoxy) is 2. The van der Waals surface area contributed by atoms with E-state index in [9.17, 15) is 30.0 Å². The maximum atomic E-state index is 12.5. The minimum atomic E-state index is -1.78. The summed E-state index contributed by atoms with van der Waals surface area (Å²) in [6.07, 6.45) is 1.11. The van der Waals surface area contributed by atoms with E-state index in [2.05, 4.69) is 0 Å². The van der Waals surface area contributed by atoms with E-state index in [0.717, 1.165) is 33.4 Å². The third-order valence-electron chi connectivity index (χ3n) is 7.57. The summed E-state index contributed by atoms with van der Waals surface area (Å²) in [5.41, 5.74) is 0.147. The third kappa shape index (κ3) is 11.2. The molecule has 0 aliphatic carbocycles. The molecule has 252 valence electrons. The summed E-state index contributed by atoms with van der Waals surface area (Å²) in [5, 5.41) is 41.8. The van der Waals surface area contributed by atoms with Crippen LogP contribution < -0.4 is 0 Å². The lowest BCUT2D eigenvalue weighted by molar-refractivity contribution is -0.152. The molecule has 0 spiro atoms. The van der Waals surface area contributed by atoms with E-state index in [1.165, 1.54) is 0 Å². The number of aliphatic hydroxyl groups is 2. The molecule has 45 heavy (non-hydrogen) atoms. The van der Waals surface area contributed by atoms with Crippen LogP contribution in [0.4, 0.5) is 0 Å². The average molecular weight is 647 g/mol. The van der Waals surface area contributed by atoms with Gasteiger partial charge in [0.15, 0.2) is 0 Å². The molecule has 8 nitrogen and oxygen atoms in total. The number of aryl methyl sites for hydroxylation is 2.